The van der Waals surface area contributed by atoms with Crippen molar-refractivity contribution in [1.29, 1.82) is 0 Å². The first-order valence-corrected chi connectivity index (χ1v) is 7.43. The van der Waals surface area contributed by atoms with E-state index >= 15 is 0 Å². The second kappa shape index (κ2) is 7.98. The van der Waals surface area contributed by atoms with E-state index in [1.54, 1.807) is 0 Å². The van der Waals surface area contributed by atoms with Crippen molar-refractivity contribution in [3.05, 3.63) is 0 Å². The molecular formula is C14H26N4O4. The van der Waals surface area contributed by atoms with Crippen LogP contribution in [0.5, 0.6) is 0 Å². The summed E-state index contributed by atoms with van der Waals surface area (Å²) in [5.41, 5.74) is -0.514. The van der Waals surface area contributed by atoms with Crippen LogP contribution in [-0.2, 0) is 9.53 Å². The lowest BCUT2D eigenvalue weighted by atomic mass is 10.2. The van der Waals surface area contributed by atoms with Crippen LogP contribution in [0.2, 0.25) is 0 Å². The van der Waals surface area contributed by atoms with Crippen LogP contribution in [0.15, 0.2) is 0 Å². The van der Waals surface area contributed by atoms with Crippen molar-refractivity contribution in [2.24, 2.45) is 0 Å². The van der Waals surface area contributed by atoms with Crippen molar-refractivity contribution >= 4 is 18.0 Å². The molecule has 0 bridgehead atoms. The number of hydrogen-bond acceptors (Lipinski definition) is 5. The lowest BCUT2D eigenvalue weighted by Crippen LogP contribution is -2.41. The van der Waals surface area contributed by atoms with Crippen molar-refractivity contribution in [2.75, 3.05) is 26.7 Å². The molecule has 3 N–H and O–H groups in total. The maximum absolute atomic E-state index is 11.7. The molecule has 0 aromatic carbocycles. The van der Waals surface area contributed by atoms with E-state index in [2.05, 4.69) is 20.9 Å². The average Bonchev–Trinajstić information content (AvgIpc) is 2.81. The van der Waals surface area contributed by atoms with Gasteiger partial charge in [0, 0.05) is 39.1 Å². The Bertz CT molecular complexity index is 420. The third-order valence-corrected chi connectivity index (χ3v) is 3.13. The standard InChI is InChI=1S/C14H26N4O4/c1-14(2,3)22-13(21)16-10-5-7-18(9-10)8-6-11(19)17-12(20)15-4/h10H,5-9H2,1-4H3,(H,16,21)(H2,15,17,19,20)/t10-/m1/s1. The highest BCUT2D eigenvalue weighted by Crippen LogP contribution is 2.11. The molecule has 22 heavy (non-hydrogen) atoms. The van der Waals surface area contributed by atoms with Gasteiger partial charge >= 0.3 is 12.1 Å². The molecule has 0 aromatic rings. The number of amides is 4. The molecule has 4 amide bonds. The van der Waals surface area contributed by atoms with Crippen molar-refractivity contribution in [2.45, 2.75) is 45.3 Å². The fourth-order valence-corrected chi connectivity index (χ4v) is 2.14. The molecule has 126 valence electrons. The largest absolute Gasteiger partial charge is 0.444 e. The van der Waals surface area contributed by atoms with Crippen molar-refractivity contribution in [1.82, 2.24) is 20.9 Å². The molecule has 1 aliphatic rings. The number of nitrogens with zero attached hydrogens (tertiary/aromatic N) is 1. The highest BCUT2D eigenvalue weighted by atomic mass is 16.6. The fourth-order valence-electron chi connectivity index (χ4n) is 2.14. The summed E-state index contributed by atoms with van der Waals surface area (Å²) >= 11 is 0. The van der Waals surface area contributed by atoms with Gasteiger partial charge in [0.05, 0.1) is 0 Å². The van der Waals surface area contributed by atoms with Gasteiger partial charge < -0.3 is 20.3 Å². The third-order valence-electron chi connectivity index (χ3n) is 3.13. The predicted molar refractivity (Wildman–Crippen MR) is 81.4 cm³/mol. The number of ether oxygens (including phenoxy) is 1. The van der Waals surface area contributed by atoms with Gasteiger partial charge in [-0.15, -0.1) is 0 Å². The zero-order valence-electron chi connectivity index (χ0n) is 13.7. The smallest absolute Gasteiger partial charge is 0.407 e. The number of alkyl carbamates (subject to hydrolysis) is 1. The SMILES string of the molecule is CNC(=O)NC(=O)CCN1CC[C@@H](NC(=O)OC(C)(C)C)C1. The summed E-state index contributed by atoms with van der Waals surface area (Å²) in [6.45, 7) is 7.48. The minimum Gasteiger partial charge on any atom is -0.444 e. The van der Waals surface area contributed by atoms with E-state index in [1.165, 1.54) is 7.05 Å². The summed E-state index contributed by atoms with van der Waals surface area (Å²) in [7, 11) is 1.45. The molecular weight excluding hydrogens is 288 g/mol. The normalized spacial score (nSPS) is 18.6. The Morgan fingerprint density at radius 3 is 2.55 bits per heavy atom. The van der Waals surface area contributed by atoms with Crippen LogP contribution in [0, 0.1) is 0 Å². The lowest BCUT2D eigenvalue weighted by molar-refractivity contribution is -0.120. The summed E-state index contributed by atoms with van der Waals surface area (Å²) in [6.07, 6.45) is 0.639. The molecule has 8 nitrogen and oxygen atoms in total. The van der Waals surface area contributed by atoms with E-state index < -0.39 is 17.7 Å². The van der Waals surface area contributed by atoms with Crippen LogP contribution in [-0.4, -0.2) is 61.3 Å². The van der Waals surface area contributed by atoms with Crippen LogP contribution in [0.25, 0.3) is 0 Å². The van der Waals surface area contributed by atoms with E-state index in [1.807, 2.05) is 20.8 Å². The number of carbonyl (C=O) groups excluding carboxylic acids is 3. The zero-order valence-corrected chi connectivity index (χ0v) is 13.7. The first kappa shape index (κ1) is 18.2. The van der Waals surface area contributed by atoms with Crippen LogP contribution >= 0.6 is 0 Å². The fraction of sp³-hybridized carbons (Fsp3) is 0.786. The molecule has 1 rings (SSSR count). The molecule has 8 heteroatoms. The minimum atomic E-state index is -0.514. The number of rotatable bonds is 4. The van der Waals surface area contributed by atoms with Gasteiger partial charge in [0.2, 0.25) is 5.91 Å². The second-order valence-corrected chi connectivity index (χ2v) is 6.31. The molecule has 1 saturated heterocycles. The zero-order chi connectivity index (χ0) is 16.8. The van der Waals surface area contributed by atoms with Gasteiger partial charge in [0.1, 0.15) is 5.60 Å². The molecule has 0 spiro atoms. The Morgan fingerprint density at radius 2 is 1.95 bits per heavy atom. The highest BCUT2D eigenvalue weighted by molar-refractivity contribution is 5.94. The Kier molecular flexibility index (Phi) is 6.61. The number of urea groups is 1. The minimum absolute atomic E-state index is 0.0249. The topological polar surface area (TPSA) is 99.8 Å². The number of hydrogen-bond donors (Lipinski definition) is 3. The van der Waals surface area contributed by atoms with Crippen LogP contribution in [0.1, 0.15) is 33.6 Å². The van der Waals surface area contributed by atoms with Gasteiger partial charge in [0.15, 0.2) is 0 Å². The molecule has 1 fully saturated rings. The van der Waals surface area contributed by atoms with E-state index in [9.17, 15) is 14.4 Å². The molecule has 0 unspecified atom stereocenters. The molecule has 1 aliphatic heterocycles. The van der Waals surface area contributed by atoms with Crippen LogP contribution in [0.4, 0.5) is 9.59 Å². The van der Waals surface area contributed by atoms with Crippen LogP contribution in [0.3, 0.4) is 0 Å². The third kappa shape index (κ3) is 7.26. The second-order valence-electron chi connectivity index (χ2n) is 6.31. The molecule has 0 aliphatic carbocycles. The maximum Gasteiger partial charge on any atom is 0.407 e. The number of nitrogens with one attached hydrogen (secondary N) is 3. The van der Waals surface area contributed by atoms with Crippen LogP contribution < -0.4 is 16.0 Å². The average molecular weight is 314 g/mol. The Hall–Kier alpha value is -1.83. The summed E-state index contributed by atoms with van der Waals surface area (Å²) in [6, 6.07) is -0.479. The first-order valence-electron chi connectivity index (χ1n) is 7.43. The van der Waals surface area contributed by atoms with E-state index in [0.29, 0.717) is 13.1 Å². The number of imide groups is 1. The summed E-state index contributed by atoms with van der Waals surface area (Å²) in [5, 5.41) is 7.37. The van der Waals surface area contributed by atoms with Crippen molar-refractivity contribution < 1.29 is 19.1 Å². The van der Waals surface area contributed by atoms with Gasteiger partial charge in [0.25, 0.3) is 0 Å². The maximum atomic E-state index is 11.7. The molecule has 0 radical (unpaired) electrons. The summed E-state index contributed by atoms with van der Waals surface area (Å²) in [5.74, 6) is -0.317. The van der Waals surface area contributed by atoms with Crippen molar-refractivity contribution in [3.8, 4) is 0 Å². The van der Waals surface area contributed by atoms with Gasteiger partial charge in [-0.1, -0.05) is 0 Å². The highest BCUT2D eigenvalue weighted by Gasteiger charge is 2.26. The summed E-state index contributed by atoms with van der Waals surface area (Å²) < 4.78 is 5.21. The number of carbonyl (C=O) groups is 3. The number of likely N-dealkylation sites (tertiary alicyclic amines) is 1. The Balaban J connectivity index is 2.24. The quantitative estimate of drug-likeness (QED) is 0.699. The summed E-state index contributed by atoms with van der Waals surface area (Å²) in [4.78, 5) is 36.2. The molecule has 1 atom stereocenters. The predicted octanol–water partition coefficient (Wildman–Crippen LogP) is 0.431. The van der Waals surface area contributed by atoms with E-state index in [0.717, 1.165) is 13.0 Å². The van der Waals surface area contributed by atoms with E-state index in [4.69, 9.17) is 4.74 Å². The lowest BCUT2D eigenvalue weighted by Gasteiger charge is -2.22. The van der Waals surface area contributed by atoms with Gasteiger partial charge in [-0.25, -0.2) is 9.59 Å². The van der Waals surface area contributed by atoms with Crippen molar-refractivity contribution in [3.63, 3.8) is 0 Å². The van der Waals surface area contributed by atoms with Gasteiger partial charge in [-0.3, -0.25) is 10.1 Å². The molecule has 0 saturated carbocycles. The Morgan fingerprint density at radius 1 is 1.27 bits per heavy atom. The monoisotopic (exact) mass is 314 g/mol. The first-order chi connectivity index (χ1) is 10.2. The molecule has 1 heterocycles. The van der Waals surface area contributed by atoms with Gasteiger partial charge in [-0.05, 0) is 27.2 Å². The molecule has 0 aromatic heterocycles. The van der Waals surface area contributed by atoms with Gasteiger partial charge in [-0.2, -0.15) is 0 Å². The van der Waals surface area contributed by atoms with E-state index in [-0.39, 0.29) is 18.4 Å². The Labute approximate surface area is 130 Å².